The van der Waals surface area contributed by atoms with Crippen LogP contribution in [0.15, 0.2) is 23.9 Å². The lowest BCUT2D eigenvalue weighted by molar-refractivity contribution is -0.138. The van der Waals surface area contributed by atoms with Crippen LogP contribution in [0.4, 0.5) is 0 Å². The Bertz CT molecular complexity index is 702. The minimum atomic E-state index is -0.812. The fourth-order valence-electron chi connectivity index (χ4n) is 1.94. The molecular weight excluding hydrogens is 346 g/mol. The molecule has 0 aromatic heterocycles. The highest BCUT2D eigenvalue weighted by Crippen LogP contribution is 2.27. The number of nitrogens with one attached hydrogen (secondary N) is 2. The van der Waals surface area contributed by atoms with Gasteiger partial charge in [0.1, 0.15) is 11.8 Å². The number of benzene rings is 1. The highest BCUT2D eigenvalue weighted by Gasteiger charge is 2.17. The molecule has 1 atom stereocenters. The third-order valence-corrected chi connectivity index (χ3v) is 3.33. The van der Waals surface area contributed by atoms with Crippen molar-refractivity contribution in [1.82, 2.24) is 10.9 Å². The monoisotopic (exact) mass is 365 g/mol. The number of hydrogen-bond donors (Lipinski definition) is 2. The van der Waals surface area contributed by atoms with Crippen molar-refractivity contribution in [2.24, 2.45) is 0 Å². The number of hydrazine groups is 1. The van der Waals surface area contributed by atoms with Gasteiger partial charge in [-0.3, -0.25) is 10.2 Å². The number of hydrogen-bond acceptors (Lipinski definition) is 6. The largest absolute Gasteiger partial charge is 0.480 e. The van der Waals surface area contributed by atoms with E-state index in [0.29, 0.717) is 10.8 Å². The predicted octanol–water partition coefficient (Wildman–Crippen LogP) is 2.32. The summed E-state index contributed by atoms with van der Waals surface area (Å²) in [4.78, 5) is 23.5. The van der Waals surface area contributed by atoms with Gasteiger partial charge in [0.2, 0.25) is 0 Å². The van der Waals surface area contributed by atoms with Gasteiger partial charge in [-0.2, -0.15) is 5.26 Å². The summed E-state index contributed by atoms with van der Waals surface area (Å²) in [7, 11) is 0. The van der Waals surface area contributed by atoms with Crippen molar-refractivity contribution in [3.63, 3.8) is 0 Å². The molecule has 0 unspecified atom stereocenters. The minimum absolute atomic E-state index is 0.148. The second kappa shape index (κ2) is 9.55. The number of carbonyl (C=O) groups is 2. The van der Waals surface area contributed by atoms with Crippen LogP contribution in [0, 0.1) is 25.2 Å². The summed E-state index contributed by atoms with van der Waals surface area (Å²) in [5, 5.41) is 9.46. The Hall–Kier alpha value is -2.72. The van der Waals surface area contributed by atoms with Gasteiger partial charge in [-0.15, -0.1) is 0 Å². The molecule has 0 saturated carbocycles. The van der Waals surface area contributed by atoms with Gasteiger partial charge >= 0.3 is 5.97 Å². The lowest BCUT2D eigenvalue weighted by Crippen LogP contribution is -2.42. The van der Waals surface area contributed by atoms with E-state index in [2.05, 4.69) is 10.9 Å². The molecule has 1 aromatic carbocycles. The van der Waals surface area contributed by atoms with E-state index in [-0.39, 0.29) is 12.2 Å². The molecule has 0 aliphatic rings. The molecule has 1 aromatic rings. The Kier molecular flexibility index (Phi) is 7.76. The van der Waals surface area contributed by atoms with Crippen LogP contribution in [0.5, 0.6) is 5.75 Å². The van der Waals surface area contributed by atoms with Gasteiger partial charge in [0.15, 0.2) is 11.7 Å². The molecule has 1 amide bonds. The molecule has 7 nitrogen and oxygen atoms in total. The van der Waals surface area contributed by atoms with E-state index < -0.39 is 18.0 Å². The minimum Gasteiger partial charge on any atom is -0.480 e. The van der Waals surface area contributed by atoms with E-state index in [0.717, 1.165) is 17.3 Å². The zero-order valence-corrected chi connectivity index (χ0v) is 15.2. The van der Waals surface area contributed by atoms with E-state index in [4.69, 9.17) is 26.3 Å². The highest BCUT2D eigenvalue weighted by molar-refractivity contribution is 6.30. The topological polar surface area (TPSA) is 100 Å². The molecule has 0 fully saturated rings. The number of nitriles is 1. The summed E-state index contributed by atoms with van der Waals surface area (Å²) in [5.74, 6) is -0.679. The van der Waals surface area contributed by atoms with Gasteiger partial charge in [-0.05, 0) is 51.0 Å². The third kappa shape index (κ3) is 6.01. The third-order valence-electron chi connectivity index (χ3n) is 3.12. The van der Waals surface area contributed by atoms with E-state index in [1.54, 1.807) is 32.0 Å². The van der Waals surface area contributed by atoms with Crippen LogP contribution in [0.1, 0.15) is 25.0 Å². The Labute approximate surface area is 151 Å². The summed E-state index contributed by atoms with van der Waals surface area (Å²) in [6.45, 7) is 7.01. The first-order chi connectivity index (χ1) is 11.8. The number of amides is 1. The zero-order valence-electron chi connectivity index (χ0n) is 14.5. The molecule has 134 valence electrons. The molecule has 25 heavy (non-hydrogen) atoms. The van der Waals surface area contributed by atoms with Gasteiger partial charge in [0.25, 0.3) is 5.91 Å². The second-order valence-electron chi connectivity index (χ2n) is 5.15. The van der Waals surface area contributed by atoms with Crippen LogP contribution < -0.4 is 15.6 Å². The number of halogens is 1. The fourth-order valence-corrected chi connectivity index (χ4v) is 2.27. The summed E-state index contributed by atoms with van der Waals surface area (Å²) in [5.41, 5.74) is 6.09. The number of aryl methyl sites for hydroxylation is 2. The van der Waals surface area contributed by atoms with Crippen LogP contribution in [0.3, 0.4) is 0 Å². The van der Waals surface area contributed by atoms with Crippen LogP contribution in [0.2, 0.25) is 5.02 Å². The normalized spacial score (nSPS) is 11.9. The molecule has 0 spiro atoms. The fraction of sp³-hybridized carbons (Fsp3) is 0.353. The van der Waals surface area contributed by atoms with Crippen LogP contribution in [0.25, 0.3) is 0 Å². The van der Waals surface area contributed by atoms with Crippen molar-refractivity contribution in [3.05, 3.63) is 40.1 Å². The number of esters is 1. The van der Waals surface area contributed by atoms with Gasteiger partial charge in [0, 0.05) is 11.2 Å². The van der Waals surface area contributed by atoms with Gasteiger partial charge < -0.3 is 14.9 Å². The molecular formula is C17H20ClN3O4. The zero-order chi connectivity index (χ0) is 19.0. The molecule has 1 rings (SSSR count). The van der Waals surface area contributed by atoms with Crippen LogP contribution in [-0.2, 0) is 14.3 Å². The quantitative estimate of drug-likeness (QED) is 0.333. The number of carbonyl (C=O) groups excluding carboxylic acids is 2. The molecule has 8 heteroatoms. The predicted molar refractivity (Wildman–Crippen MR) is 92.6 cm³/mol. The van der Waals surface area contributed by atoms with Crippen molar-refractivity contribution in [1.29, 1.82) is 5.26 Å². The number of rotatable bonds is 7. The second-order valence-corrected chi connectivity index (χ2v) is 5.59. The molecule has 0 bridgehead atoms. The Balaban J connectivity index is 2.67. The van der Waals surface area contributed by atoms with Gasteiger partial charge in [-0.1, -0.05) is 11.6 Å². The summed E-state index contributed by atoms with van der Waals surface area (Å²) >= 11 is 5.97. The van der Waals surface area contributed by atoms with E-state index >= 15 is 0 Å². The average Bonchev–Trinajstić information content (AvgIpc) is 2.54. The lowest BCUT2D eigenvalue weighted by atomic mass is 10.1. The molecule has 0 aliphatic carbocycles. The van der Waals surface area contributed by atoms with Crippen molar-refractivity contribution < 1.29 is 19.1 Å². The summed E-state index contributed by atoms with van der Waals surface area (Å²) in [6.07, 6.45) is 0.245. The SMILES string of the molecule is CCOC(=O)/C(C#N)=C/NNC(=O)[C@H](C)Oc1c(C)cc(Cl)cc1C. The molecule has 0 radical (unpaired) electrons. The average molecular weight is 366 g/mol. The Morgan fingerprint density at radius 3 is 2.48 bits per heavy atom. The van der Waals surface area contributed by atoms with Crippen molar-refractivity contribution in [3.8, 4) is 11.8 Å². The maximum atomic E-state index is 12.0. The molecule has 0 heterocycles. The molecule has 0 saturated heterocycles. The first kappa shape index (κ1) is 20.3. The van der Waals surface area contributed by atoms with Crippen molar-refractivity contribution in [2.75, 3.05) is 6.61 Å². The molecule has 2 N–H and O–H groups in total. The smallest absolute Gasteiger partial charge is 0.350 e. The maximum absolute atomic E-state index is 12.0. The van der Waals surface area contributed by atoms with Gasteiger partial charge in [-0.25, -0.2) is 4.79 Å². The van der Waals surface area contributed by atoms with Crippen LogP contribution >= 0.6 is 11.6 Å². The highest BCUT2D eigenvalue weighted by atomic mass is 35.5. The standard InChI is InChI=1S/C17H20ClN3O4/c1-5-24-17(23)13(8-19)9-20-21-16(22)12(4)25-15-10(2)6-14(18)7-11(15)3/h6-7,9,12,20H,5H2,1-4H3,(H,21,22)/b13-9+/t12-/m0/s1. The number of nitrogens with zero attached hydrogens (tertiary/aromatic N) is 1. The van der Waals surface area contributed by atoms with E-state index in [1.165, 1.54) is 0 Å². The Morgan fingerprint density at radius 2 is 1.96 bits per heavy atom. The van der Waals surface area contributed by atoms with Crippen molar-refractivity contribution >= 4 is 23.5 Å². The first-order valence-electron chi connectivity index (χ1n) is 7.56. The summed E-state index contributed by atoms with van der Waals surface area (Å²) in [6, 6.07) is 5.17. The van der Waals surface area contributed by atoms with E-state index in [9.17, 15) is 9.59 Å². The van der Waals surface area contributed by atoms with E-state index in [1.807, 2.05) is 13.8 Å². The lowest BCUT2D eigenvalue weighted by Gasteiger charge is -2.18. The summed E-state index contributed by atoms with van der Waals surface area (Å²) < 4.78 is 10.4. The molecule has 0 aliphatic heterocycles. The number of ether oxygens (including phenoxy) is 2. The van der Waals surface area contributed by atoms with Crippen molar-refractivity contribution in [2.45, 2.75) is 33.8 Å². The maximum Gasteiger partial charge on any atom is 0.350 e. The first-order valence-corrected chi connectivity index (χ1v) is 7.94. The van der Waals surface area contributed by atoms with Gasteiger partial charge in [0.05, 0.1) is 6.61 Å². The Morgan fingerprint density at radius 1 is 1.36 bits per heavy atom. The van der Waals surface area contributed by atoms with Crippen LogP contribution in [-0.4, -0.2) is 24.6 Å².